The largest absolute Gasteiger partial charge is 0.394 e. The van der Waals surface area contributed by atoms with Gasteiger partial charge in [-0.05, 0) is 49.6 Å². The quantitative estimate of drug-likeness (QED) is 0.239. The highest BCUT2D eigenvalue weighted by Gasteiger charge is 2.23. The van der Waals surface area contributed by atoms with Gasteiger partial charge in [0.25, 0.3) is 5.56 Å². The second-order valence-corrected chi connectivity index (χ2v) is 9.86. The number of carbonyl (C=O) groups excluding carboxylic acids is 1. The molecule has 10 nitrogen and oxygen atoms in total. The molecule has 0 aliphatic carbocycles. The Balaban J connectivity index is 1.40. The number of fused-ring (bicyclic) bond motifs is 1. The first kappa shape index (κ1) is 26.3. The van der Waals surface area contributed by atoms with E-state index >= 15 is 0 Å². The van der Waals surface area contributed by atoms with Crippen molar-refractivity contribution in [3.05, 3.63) is 76.2 Å². The van der Waals surface area contributed by atoms with Crippen molar-refractivity contribution in [3.63, 3.8) is 0 Å². The van der Waals surface area contributed by atoms with Gasteiger partial charge in [0, 0.05) is 44.6 Å². The third kappa shape index (κ3) is 5.75. The van der Waals surface area contributed by atoms with Gasteiger partial charge in [-0.25, -0.2) is 9.78 Å². The number of nitrogens with zero attached hydrogens (tertiary/aromatic N) is 3. The first-order chi connectivity index (χ1) is 19.0. The molecule has 10 heteroatoms. The highest BCUT2D eigenvalue weighted by molar-refractivity contribution is 5.87. The minimum atomic E-state index is -0.274. The Morgan fingerprint density at radius 2 is 1.90 bits per heavy atom. The molecule has 1 unspecified atom stereocenters. The minimum absolute atomic E-state index is 0.0216. The van der Waals surface area contributed by atoms with Crippen molar-refractivity contribution in [1.82, 2.24) is 25.2 Å². The number of urea groups is 1. The summed E-state index contributed by atoms with van der Waals surface area (Å²) in [4.78, 5) is 40.2. The zero-order chi connectivity index (χ0) is 27.4. The summed E-state index contributed by atoms with van der Waals surface area (Å²) in [6.45, 7) is 7.24. The Morgan fingerprint density at radius 1 is 1.13 bits per heavy atom. The molecular formula is C29H35N7O3. The maximum absolute atomic E-state index is 13.0. The minimum Gasteiger partial charge on any atom is -0.394 e. The average Bonchev–Trinajstić information content (AvgIpc) is 3.38. The predicted octanol–water partition coefficient (Wildman–Crippen LogP) is 3.09. The van der Waals surface area contributed by atoms with Crippen LogP contribution in [-0.2, 0) is 6.42 Å². The van der Waals surface area contributed by atoms with Crippen LogP contribution in [0.15, 0.2) is 59.5 Å². The van der Waals surface area contributed by atoms with Crippen LogP contribution >= 0.6 is 0 Å². The molecule has 1 fully saturated rings. The average molecular weight is 530 g/mol. The van der Waals surface area contributed by atoms with E-state index in [-0.39, 0.29) is 24.2 Å². The van der Waals surface area contributed by atoms with Gasteiger partial charge in [0.05, 0.1) is 29.4 Å². The molecule has 4 aromatic rings. The van der Waals surface area contributed by atoms with E-state index in [1.807, 2.05) is 49.1 Å². The number of nitrogens with one attached hydrogen (secondary N) is 4. The SMILES string of the molecule is CCNC(=O)N1CCN(c2cc(C)c3nc(-c4c(NC(CO)Cc5ccccc5)cc[nH]c4=O)[nH]c3c2)CC1. The van der Waals surface area contributed by atoms with Crippen LogP contribution in [0, 0.1) is 6.92 Å². The topological polar surface area (TPSA) is 129 Å². The maximum atomic E-state index is 13.0. The summed E-state index contributed by atoms with van der Waals surface area (Å²) < 4.78 is 0. The smallest absolute Gasteiger partial charge is 0.317 e. The number of benzene rings is 2. The zero-order valence-corrected chi connectivity index (χ0v) is 22.3. The molecule has 0 spiro atoms. The number of aliphatic hydroxyl groups is 1. The molecule has 1 atom stereocenters. The first-order valence-electron chi connectivity index (χ1n) is 13.4. The summed E-state index contributed by atoms with van der Waals surface area (Å²) in [5.41, 5.74) is 5.51. The fourth-order valence-electron chi connectivity index (χ4n) is 5.12. The van der Waals surface area contributed by atoms with Gasteiger partial charge in [0.1, 0.15) is 11.4 Å². The molecule has 0 bridgehead atoms. The number of aromatic nitrogens is 3. The van der Waals surface area contributed by atoms with Crippen molar-refractivity contribution in [1.29, 1.82) is 0 Å². The van der Waals surface area contributed by atoms with Gasteiger partial charge in [-0.1, -0.05) is 30.3 Å². The Hall–Kier alpha value is -4.31. The number of hydrogen-bond acceptors (Lipinski definition) is 6. The molecule has 204 valence electrons. The molecule has 0 radical (unpaired) electrons. The Bertz CT molecular complexity index is 1490. The van der Waals surface area contributed by atoms with Crippen LogP contribution < -0.4 is 21.1 Å². The summed E-state index contributed by atoms with van der Waals surface area (Å²) >= 11 is 0. The van der Waals surface area contributed by atoms with E-state index in [0.29, 0.717) is 43.1 Å². The van der Waals surface area contributed by atoms with E-state index in [1.54, 1.807) is 12.3 Å². The summed E-state index contributed by atoms with van der Waals surface area (Å²) in [6, 6.07) is 15.6. The normalized spacial score (nSPS) is 14.4. The van der Waals surface area contributed by atoms with Gasteiger partial charge in [0.15, 0.2) is 0 Å². The van der Waals surface area contributed by atoms with E-state index in [1.165, 1.54) is 0 Å². The fourth-order valence-corrected chi connectivity index (χ4v) is 5.12. The number of H-pyrrole nitrogens is 2. The molecule has 3 heterocycles. The van der Waals surface area contributed by atoms with E-state index in [4.69, 9.17) is 4.98 Å². The van der Waals surface area contributed by atoms with Crippen molar-refractivity contribution in [2.45, 2.75) is 26.3 Å². The maximum Gasteiger partial charge on any atom is 0.317 e. The van der Waals surface area contributed by atoms with Crippen molar-refractivity contribution in [2.24, 2.45) is 0 Å². The van der Waals surface area contributed by atoms with Crippen molar-refractivity contribution >= 4 is 28.4 Å². The molecule has 2 aromatic carbocycles. The Morgan fingerprint density at radius 3 is 2.62 bits per heavy atom. The van der Waals surface area contributed by atoms with Crippen LogP contribution in [0.3, 0.4) is 0 Å². The predicted molar refractivity (Wildman–Crippen MR) is 154 cm³/mol. The van der Waals surface area contributed by atoms with E-state index in [9.17, 15) is 14.7 Å². The van der Waals surface area contributed by atoms with Crippen LogP contribution in [0.25, 0.3) is 22.4 Å². The lowest BCUT2D eigenvalue weighted by Gasteiger charge is -2.36. The lowest BCUT2D eigenvalue weighted by molar-refractivity contribution is 0.195. The molecular weight excluding hydrogens is 494 g/mol. The van der Waals surface area contributed by atoms with Crippen molar-refractivity contribution in [2.75, 3.05) is 49.5 Å². The molecule has 2 aromatic heterocycles. The van der Waals surface area contributed by atoms with Crippen LogP contribution in [0.1, 0.15) is 18.1 Å². The number of piperazine rings is 1. The molecule has 1 aliphatic heterocycles. The molecule has 5 rings (SSSR count). The first-order valence-corrected chi connectivity index (χ1v) is 13.4. The highest BCUT2D eigenvalue weighted by Crippen LogP contribution is 2.30. The molecule has 2 amide bonds. The third-order valence-electron chi connectivity index (χ3n) is 7.12. The van der Waals surface area contributed by atoms with Gasteiger partial charge in [-0.2, -0.15) is 0 Å². The number of aryl methyl sites for hydroxylation is 1. The van der Waals surface area contributed by atoms with Gasteiger partial charge in [-0.15, -0.1) is 0 Å². The van der Waals surface area contributed by atoms with Crippen LogP contribution in [0.4, 0.5) is 16.2 Å². The molecule has 0 saturated carbocycles. The Kier molecular flexibility index (Phi) is 7.83. The fraction of sp³-hybridized carbons (Fsp3) is 0.345. The van der Waals surface area contributed by atoms with Crippen LogP contribution in [-0.4, -0.2) is 76.4 Å². The van der Waals surface area contributed by atoms with Gasteiger partial charge in [-0.3, -0.25) is 4.79 Å². The van der Waals surface area contributed by atoms with E-state index in [0.717, 1.165) is 40.9 Å². The number of anilines is 2. The number of carbonyl (C=O) groups is 1. The second-order valence-electron chi connectivity index (χ2n) is 9.86. The van der Waals surface area contributed by atoms with Crippen molar-refractivity contribution in [3.8, 4) is 11.4 Å². The molecule has 1 saturated heterocycles. The lowest BCUT2D eigenvalue weighted by Crippen LogP contribution is -2.51. The summed E-state index contributed by atoms with van der Waals surface area (Å²) in [7, 11) is 0. The number of aromatic amines is 2. The molecule has 1 aliphatic rings. The molecule has 5 N–H and O–H groups in total. The third-order valence-corrected chi connectivity index (χ3v) is 7.12. The van der Waals surface area contributed by atoms with E-state index < -0.39 is 0 Å². The summed E-state index contributed by atoms with van der Waals surface area (Å²) in [6.07, 6.45) is 2.21. The number of amides is 2. The highest BCUT2D eigenvalue weighted by atomic mass is 16.3. The lowest BCUT2D eigenvalue weighted by atomic mass is 10.1. The number of imidazole rings is 1. The monoisotopic (exact) mass is 529 g/mol. The van der Waals surface area contributed by atoms with Gasteiger partial charge < -0.3 is 35.5 Å². The zero-order valence-electron chi connectivity index (χ0n) is 22.3. The van der Waals surface area contributed by atoms with E-state index in [2.05, 4.69) is 37.6 Å². The summed E-state index contributed by atoms with van der Waals surface area (Å²) in [5.74, 6) is 0.465. The second kappa shape index (κ2) is 11.6. The number of hydrogen-bond donors (Lipinski definition) is 5. The summed E-state index contributed by atoms with van der Waals surface area (Å²) in [5, 5.41) is 16.3. The number of rotatable bonds is 8. The number of pyridine rings is 1. The van der Waals surface area contributed by atoms with Crippen LogP contribution in [0.5, 0.6) is 0 Å². The standard InChI is InChI=1S/C29H35N7O3/c1-3-30-29(39)36-13-11-35(12-14-36)22-15-19(2)26-24(17-22)33-27(34-26)25-23(9-10-31-28(25)38)32-21(18-37)16-20-7-5-4-6-8-20/h4-10,15,17,21,37H,3,11-14,16,18H2,1-2H3,(H,30,39)(H,33,34)(H2,31,32,38). The number of aliphatic hydroxyl groups excluding tert-OH is 1. The molecule has 39 heavy (non-hydrogen) atoms. The van der Waals surface area contributed by atoms with Gasteiger partial charge >= 0.3 is 6.03 Å². The Labute approximate surface area is 227 Å². The van der Waals surface area contributed by atoms with Crippen molar-refractivity contribution < 1.29 is 9.90 Å². The van der Waals surface area contributed by atoms with Gasteiger partial charge in [0.2, 0.25) is 0 Å². The van der Waals surface area contributed by atoms with Crippen LogP contribution in [0.2, 0.25) is 0 Å².